The Bertz CT molecular complexity index is 2040. The average molecular weight is 1100 g/mol. The van der Waals surface area contributed by atoms with E-state index in [1.165, 1.54) is 11.9 Å². The molecule has 0 bridgehead atoms. The van der Waals surface area contributed by atoms with Crippen LogP contribution in [-0.2, 0) is 47.4 Å². The molecule has 3 fully saturated rings. The van der Waals surface area contributed by atoms with Crippen molar-refractivity contribution in [3.05, 3.63) is 11.8 Å². The van der Waals surface area contributed by atoms with Crippen LogP contribution in [0.1, 0.15) is 136 Å². The van der Waals surface area contributed by atoms with Gasteiger partial charge in [-0.3, -0.25) is 4.79 Å². The van der Waals surface area contributed by atoms with E-state index >= 15 is 0 Å². The fourth-order valence-corrected chi connectivity index (χ4v) is 8.96. The van der Waals surface area contributed by atoms with Gasteiger partial charge in [-0.25, -0.2) is 24.0 Å². The number of ether oxygens (including phenoxy) is 9. The van der Waals surface area contributed by atoms with Crippen LogP contribution in [0.15, 0.2) is 11.8 Å². The van der Waals surface area contributed by atoms with Crippen molar-refractivity contribution in [1.29, 1.82) is 0 Å². The molecule has 0 aromatic heterocycles. The maximum absolute atomic E-state index is 13.9. The van der Waals surface area contributed by atoms with Crippen molar-refractivity contribution in [3.8, 4) is 0 Å². The number of nitrogens with zero attached hydrogens (tertiary/aromatic N) is 1. The Kier molecular flexibility index (Phi) is 22.1. The molecule has 25 heteroatoms. The highest BCUT2D eigenvalue weighted by atomic mass is 16.7. The molecular formula is C52H91N7O18. The molecule has 0 spiro atoms. The zero-order chi connectivity index (χ0) is 58.2. The molecule has 12 atom stereocenters. The number of hydrogen-bond donors (Lipinski definition) is 9. The summed E-state index contributed by atoms with van der Waals surface area (Å²) in [6.07, 6.45) is -12.1. The monoisotopic (exact) mass is 1100 g/mol. The first kappa shape index (κ1) is 64.6. The molecule has 442 valence electrons. The Balaban J connectivity index is 1.68. The normalized spacial score (nSPS) is 29.4. The predicted molar refractivity (Wildman–Crippen MR) is 278 cm³/mol. The molecule has 4 rings (SSSR count). The van der Waals surface area contributed by atoms with E-state index in [1.54, 1.807) is 117 Å². The Morgan fingerprint density at radius 2 is 1.13 bits per heavy atom. The van der Waals surface area contributed by atoms with Crippen LogP contribution in [-0.4, -0.2) is 191 Å². The highest BCUT2D eigenvalue weighted by Crippen LogP contribution is 2.34. The number of hydrogen-bond acceptors (Lipinski definition) is 19. The van der Waals surface area contributed by atoms with Gasteiger partial charge < -0.3 is 94.8 Å². The predicted octanol–water partition coefficient (Wildman–Crippen LogP) is 3.79. The first-order valence-electron chi connectivity index (χ1n) is 26.5. The summed E-state index contributed by atoms with van der Waals surface area (Å²) >= 11 is 0. The van der Waals surface area contributed by atoms with Gasteiger partial charge in [-0.1, -0.05) is 6.92 Å². The van der Waals surface area contributed by atoms with Gasteiger partial charge in [-0.2, -0.15) is 0 Å². The molecular weight excluding hydrogens is 1010 g/mol. The summed E-state index contributed by atoms with van der Waals surface area (Å²) in [5, 5.41) is 52.6. The summed E-state index contributed by atoms with van der Waals surface area (Å²) in [4.78, 5) is 80.2. The van der Waals surface area contributed by atoms with Gasteiger partial charge in [-0.15, -0.1) is 0 Å². The van der Waals surface area contributed by atoms with Gasteiger partial charge >= 0.3 is 30.5 Å². The molecule has 77 heavy (non-hydrogen) atoms. The third-order valence-electron chi connectivity index (χ3n) is 12.2. The molecule has 1 saturated heterocycles. The number of rotatable bonds is 16. The highest BCUT2D eigenvalue weighted by molar-refractivity contribution is 5.82. The van der Waals surface area contributed by atoms with E-state index in [0.29, 0.717) is 12.3 Å². The topological polar surface area (TPSA) is 322 Å². The van der Waals surface area contributed by atoms with Gasteiger partial charge in [-0.05, 0) is 148 Å². The van der Waals surface area contributed by atoms with Crippen LogP contribution in [0.5, 0.6) is 0 Å². The summed E-state index contributed by atoms with van der Waals surface area (Å²) in [6, 6.07) is -4.50. The third-order valence-corrected chi connectivity index (χ3v) is 12.2. The van der Waals surface area contributed by atoms with Crippen LogP contribution < -0.4 is 31.9 Å². The van der Waals surface area contributed by atoms with Crippen LogP contribution >= 0.6 is 0 Å². The van der Waals surface area contributed by atoms with E-state index in [9.17, 15) is 44.1 Å². The molecule has 2 aliphatic carbocycles. The second-order valence-electron chi connectivity index (χ2n) is 25.4. The van der Waals surface area contributed by atoms with Crippen molar-refractivity contribution in [3.63, 3.8) is 0 Å². The van der Waals surface area contributed by atoms with Crippen LogP contribution in [0.25, 0.3) is 0 Å². The number of aliphatic hydroxyl groups excluding tert-OH is 3. The molecule has 2 aliphatic heterocycles. The van der Waals surface area contributed by atoms with E-state index in [2.05, 4.69) is 31.9 Å². The fraction of sp³-hybridized carbons (Fsp3) is 0.846. The van der Waals surface area contributed by atoms with Gasteiger partial charge in [0.25, 0.3) is 5.91 Å². The SMILES string of the molecule is C[C@@H]1CO[C@H](O[C@@H]2[C@@H](O)[C@H](O[C@H]3OC(CNCC4CC(NC(=O)OC(C)(C)C)C4)=CC[C@H]3NC(=O)OC(C)(C)C)[C@@H](NC(=O)OC(C)(C)C)C[C@H]2NC(=O)[C@@H](O)CNC(=O)OC(C)(C)C)[C@H](O)[C@H]1N(C)C(=O)OC(C)(C)C. The molecule has 0 radical (unpaired) electrons. The molecule has 25 nitrogen and oxygen atoms in total. The smallest absolute Gasteiger partial charge is 0.410 e. The summed E-state index contributed by atoms with van der Waals surface area (Å²) in [7, 11) is 1.46. The Morgan fingerprint density at radius 3 is 1.66 bits per heavy atom. The van der Waals surface area contributed by atoms with Crippen LogP contribution in [0.3, 0.4) is 0 Å². The number of amides is 6. The first-order chi connectivity index (χ1) is 35.3. The van der Waals surface area contributed by atoms with Gasteiger partial charge in [0.2, 0.25) is 6.29 Å². The lowest BCUT2D eigenvalue weighted by atomic mass is 9.80. The van der Waals surface area contributed by atoms with Crippen molar-refractivity contribution in [2.45, 2.75) is 238 Å². The van der Waals surface area contributed by atoms with E-state index in [0.717, 1.165) is 12.8 Å². The number of alkyl carbamates (subject to hydrolysis) is 4. The zero-order valence-corrected chi connectivity index (χ0v) is 48.2. The van der Waals surface area contributed by atoms with Crippen molar-refractivity contribution in [2.75, 3.05) is 33.3 Å². The van der Waals surface area contributed by atoms with Crippen molar-refractivity contribution < 1.29 is 86.7 Å². The maximum Gasteiger partial charge on any atom is 0.410 e. The minimum Gasteiger partial charge on any atom is -0.466 e. The fourth-order valence-electron chi connectivity index (χ4n) is 8.96. The average Bonchev–Trinajstić information content (AvgIpc) is 3.22. The number of carbonyl (C=O) groups excluding carboxylic acids is 6. The maximum atomic E-state index is 13.9. The van der Waals surface area contributed by atoms with Crippen LogP contribution in [0.4, 0.5) is 24.0 Å². The van der Waals surface area contributed by atoms with Crippen molar-refractivity contribution in [1.82, 2.24) is 36.8 Å². The van der Waals surface area contributed by atoms with Crippen LogP contribution in [0, 0.1) is 11.8 Å². The van der Waals surface area contributed by atoms with Gasteiger partial charge in [0.1, 0.15) is 64.3 Å². The molecule has 2 saturated carbocycles. The molecule has 6 amide bonds. The van der Waals surface area contributed by atoms with Gasteiger partial charge in [0.15, 0.2) is 6.29 Å². The molecule has 4 aliphatic rings. The van der Waals surface area contributed by atoms with E-state index in [1.807, 2.05) is 0 Å². The Hall–Kier alpha value is -4.92. The second-order valence-corrected chi connectivity index (χ2v) is 25.4. The number of likely N-dealkylation sites (N-methyl/N-ethyl adjacent to an activating group) is 1. The number of nitrogens with one attached hydrogen (secondary N) is 6. The van der Waals surface area contributed by atoms with E-state index in [-0.39, 0.29) is 38.0 Å². The largest absolute Gasteiger partial charge is 0.466 e. The lowest BCUT2D eigenvalue weighted by Crippen LogP contribution is -2.69. The standard InChI is InChI=1S/C52H91N7O18/c1-27-26-69-42(36(61)35(27)59(17)47(68)77-52(14,15)16)72-38-32(56-40(63)34(60)25-54-43(64)73-48(2,3)4)22-33(58-46(67)76-51(11,12)13)39(37(38)62)71-41-31(57-45(66)75-50(8,9)10)19-18-30(70-41)24-53-23-28-20-29(21-28)55-44(65)74-49(5,6)7/h18,27-29,31-39,41-42,53,60-62H,19-26H2,1-17H3,(H,54,64)(H,55,65)(H,56,63)(H,57,66)(H,58,67)/t27-,28?,29?,31-,32-,33+,34+,35+,36-,37-,38+,39-,41-,42-/m1/s1. The molecule has 0 unspecified atom stereocenters. The van der Waals surface area contributed by atoms with Crippen molar-refractivity contribution in [2.24, 2.45) is 11.8 Å². The second kappa shape index (κ2) is 26.4. The summed E-state index contributed by atoms with van der Waals surface area (Å²) in [5.41, 5.74) is -4.26. The highest BCUT2D eigenvalue weighted by Gasteiger charge is 2.53. The summed E-state index contributed by atoms with van der Waals surface area (Å²) in [6.45, 7) is 27.3. The lowest BCUT2D eigenvalue weighted by Gasteiger charge is -2.49. The quantitative estimate of drug-likeness (QED) is 0.0993. The van der Waals surface area contributed by atoms with Gasteiger partial charge in [0, 0.05) is 19.0 Å². The first-order valence-corrected chi connectivity index (χ1v) is 26.5. The third kappa shape index (κ3) is 21.7. The number of aliphatic hydroxyl groups is 3. The van der Waals surface area contributed by atoms with E-state index in [4.69, 9.17) is 42.6 Å². The Labute approximate surface area is 453 Å². The van der Waals surface area contributed by atoms with Gasteiger partial charge in [0.05, 0.1) is 43.9 Å². The molecule has 2 heterocycles. The minimum atomic E-state index is -1.87. The van der Waals surface area contributed by atoms with Crippen LogP contribution in [0.2, 0.25) is 0 Å². The van der Waals surface area contributed by atoms with E-state index < -0.39 is 144 Å². The molecule has 0 aromatic carbocycles. The molecule has 0 aromatic rings. The summed E-state index contributed by atoms with van der Waals surface area (Å²) in [5.74, 6) is -0.830. The minimum absolute atomic E-state index is 0.0353. The molecule has 9 N–H and O–H groups in total. The number of carbonyl (C=O) groups is 6. The Morgan fingerprint density at radius 1 is 0.649 bits per heavy atom. The zero-order valence-electron chi connectivity index (χ0n) is 48.2. The lowest BCUT2D eigenvalue weighted by molar-refractivity contribution is -0.292. The summed E-state index contributed by atoms with van der Waals surface area (Å²) < 4.78 is 53.1. The van der Waals surface area contributed by atoms with Crippen molar-refractivity contribution >= 4 is 36.4 Å².